The Morgan fingerprint density at radius 1 is 0.389 bits per heavy atom. The fraction of sp³-hybridized carbons (Fsp3) is 0.958. The summed E-state index contributed by atoms with van der Waals surface area (Å²) in [7, 11) is 0. The average molecular weight is 1290 g/mol. The predicted octanol–water partition coefficient (Wildman–Crippen LogP) is 10.4. The molecule has 3 heterocycles. The number of nitrogens with one attached hydrogen (secondary N) is 1. The molecular formula is C71H135NO18. The minimum atomic E-state index is -1.97. The van der Waals surface area contributed by atoms with Gasteiger partial charge in [0.25, 0.3) is 0 Å². The summed E-state index contributed by atoms with van der Waals surface area (Å²) in [4.78, 5) is 13.4. The van der Waals surface area contributed by atoms with Crippen molar-refractivity contribution >= 4 is 5.91 Å². The Morgan fingerprint density at radius 3 is 1.08 bits per heavy atom. The van der Waals surface area contributed by atoms with E-state index in [4.69, 9.17) is 28.4 Å². The minimum absolute atomic E-state index is 0.240. The largest absolute Gasteiger partial charge is 0.394 e. The van der Waals surface area contributed by atoms with Crippen LogP contribution in [0.4, 0.5) is 0 Å². The Morgan fingerprint density at radius 2 is 0.700 bits per heavy atom. The van der Waals surface area contributed by atoms with Crippen LogP contribution >= 0.6 is 0 Å². The molecule has 0 bridgehead atoms. The number of hydrogen-bond acceptors (Lipinski definition) is 18. The van der Waals surface area contributed by atoms with E-state index in [0.717, 1.165) is 51.4 Å². The van der Waals surface area contributed by atoms with Crippen LogP contribution in [0.1, 0.15) is 303 Å². The van der Waals surface area contributed by atoms with Gasteiger partial charge >= 0.3 is 0 Å². The quantitative estimate of drug-likeness (QED) is 0.0199. The van der Waals surface area contributed by atoms with Crippen LogP contribution in [0.5, 0.6) is 0 Å². The summed E-state index contributed by atoms with van der Waals surface area (Å²) in [5, 5.41) is 121. The molecule has 19 heteroatoms. The second-order valence-electron chi connectivity index (χ2n) is 26.8. The van der Waals surface area contributed by atoms with Crippen molar-refractivity contribution in [1.29, 1.82) is 0 Å². The average Bonchev–Trinajstić information content (AvgIpc) is 0.846. The first-order valence-electron chi connectivity index (χ1n) is 36.9. The van der Waals surface area contributed by atoms with Gasteiger partial charge in [-0.2, -0.15) is 0 Å². The summed E-state index contributed by atoms with van der Waals surface area (Å²) in [6.07, 6.45) is 32.9. The lowest BCUT2D eigenvalue weighted by Crippen LogP contribution is -2.66. The van der Waals surface area contributed by atoms with E-state index in [9.17, 15) is 61.0 Å². The number of rotatable bonds is 58. The summed E-state index contributed by atoms with van der Waals surface area (Å²) >= 11 is 0. The van der Waals surface area contributed by atoms with Crippen molar-refractivity contribution in [3.8, 4) is 0 Å². The van der Waals surface area contributed by atoms with Crippen molar-refractivity contribution in [3.05, 3.63) is 12.2 Å². The molecule has 90 heavy (non-hydrogen) atoms. The summed E-state index contributed by atoms with van der Waals surface area (Å²) in [5.74, 6) is -0.240. The molecule has 0 aromatic heterocycles. The first kappa shape index (κ1) is 82.8. The van der Waals surface area contributed by atoms with Crippen LogP contribution in [0.3, 0.4) is 0 Å². The van der Waals surface area contributed by atoms with Crippen molar-refractivity contribution in [1.82, 2.24) is 5.32 Å². The molecule has 1 amide bonds. The first-order valence-corrected chi connectivity index (χ1v) is 36.9. The topological polar surface area (TPSA) is 307 Å². The number of carbonyl (C=O) groups is 1. The van der Waals surface area contributed by atoms with Gasteiger partial charge in [0.15, 0.2) is 18.9 Å². The van der Waals surface area contributed by atoms with E-state index < -0.39 is 124 Å². The Balaban J connectivity index is 1.40. The van der Waals surface area contributed by atoms with E-state index in [2.05, 4.69) is 31.3 Å². The SMILES string of the molecule is CCCCCCCC/C=C\CCCCCCCCCCCC(=O)NC(COC1OC(CO)C(OC2OC(CO)C(OC3OC(CO)C(O)C(O)C3O)C(O)C2O)C(O)C1O)C(O)CCCCCCCCCCCCCCCCCCCCCCCCCCCC. The van der Waals surface area contributed by atoms with Crippen LogP contribution in [0, 0.1) is 0 Å². The van der Waals surface area contributed by atoms with Gasteiger partial charge in [-0.15, -0.1) is 0 Å². The van der Waals surface area contributed by atoms with Crippen molar-refractivity contribution in [2.24, 2.45) is 0 Å². The van der Waals surface area contributed by atoms with Crippen molar-refractivity contribution in [3.63, 3.8) is 0 Å². The highest BCUT2D eigenvalue weighted by Crippen LogP contribution is 2.33. The van der Waals surface area contributed by atoms with Crippen LogP contribution < -0.4 is 5.32 Å². The monoisotopic (exact) mass is 1290 g/mol. The molecule has 3 rings (SSSR count). The molecular weight excluding hydrogens is 1150 g/mol. The van der Waals surface area contributed by atoms with Crippen molar-refractivity contribution < 1.29 is 89.4 Å². The Labute approximate surface area is 544 Å². The number of unbranched alkanes of at least 4 members (excludes halogenated alkanes) is 40. The number of amides is 1. The predicted molar refractivity (Wildman–Crippen MR) is 351 cm³/mol. The molecule has 12 N–H and O–H groups in total. The highest BCUT2D eigenvalue weighted by Gasteiger charge is 2.53. The molecule has 0 aromatic rings. The lowest BCUT2D eigenvalue weighted by molar-refractivity contribution is -0.379. The fourth-order valence-corrected chi connectivity index (χ4v) is 12.8. The van der Waals surface area contributed by atoms with Crippen LogP contribution in [0.15, 0.2) is 12.2 Å². The Bertz CT molecular complexity index is 1680. The number of aliphatic hydroxyl groups excluding tert-OH is 11. The van der Waals surface area contributed by atoms with Crippen LogP contribution in [-0.4, -0.2) is 193 Å². The molecule has 532 valence electrons. The number of allylic oxidation sites excluding steroid dienone is 2. The van der Waals surface area contributed by atoms with Gasteiger partial charge in [0.05, 0.1) is 38.6 Å². The van der Waals surface area contributed by atoms with Gasteiger partial charge in [-0.25, -0.2) is 0 Å². The molecule has 17 atom stereocenters. The molecule has 3 saturated heterocycles. The second kappa shape index (κ2) is 53.6. The van der Waals surface area contributed by atoms with Gasteiger partial charge in [-0.3, -0.25) is 4.79 Å². The summed E-state index contributed by atoms with van der Waals surface area (Å²) in [5.41, 5.74) is 0. The molecule has 3 aliphatic rings. The lowest BCUT2D eigenvalue weighted by Gasteiger charge is -2.48. The molecule has 0 spiro atoms. The molecule has 0 aliphatic carbocycles. The van der Waals surface area contributed by atoms with Gasteiger partial charge in [0.1, 0.15) is 73.2 Å². The standard InChI is InChI=1S/C71H135NO18/c1-3-5-7-9-11-13-15-17-19-21-23-24-25-26-27-28-29-31-32-34-36-38-40-42-44-46-48-55(76)54(72-59(77)49-47-45-43-41-39-37-35-33-30-22-20-18-16-14-12-10-8-6-4-2)53-85-69-65(83)62(80)67(57(51-74)87-69)90-71-66(84)63(81)68(58(52-75)88-71)89-70-64(82)61(79)60(78)56(50-73)86-70/h18,20,54-58,60-71,73-76,78-84H,3-17,19,21-53H2,1-2H3,(H,72,77)/b20-18-. The summed E-state index contributed by atoms with van der Waals surface area (Å²) < 4.78 is 34.5. The molecule has 3 fully saturated rings. The van der Waals surface area contributed by atoms with Gasteiger partial charge in [0, 0.05) is 6.42 Å². The second-order valence-corrected chi connectivity index (χ2v) is 26.8. The first-order chi connectivity index (χ1) is 43.8. The van der Waals surface area contributed by atoms with Crippen LogP contribution in [0.2, 0.25) is 0 Å². The summed E-state index contributed by atoms with van der Waals surface area (Å²) in [6.45, 7) is 1.84. The Kier molecular flexibility index (Phi) is 49.3. The van der Waals surface area contributed by atoms with E-state index in [-0.39, 0.29) is 18.9 Å². The molecule has 17 unspecified atom stereocenters. The molecule has 3 aliphatic heterocycles. The third-order valence-electron chi connectivity index (χ3n) is 18.8. The maximum Gasteiger partial charge on any atom is 0.220 e. The molecule has 19 nitrogen and oxygen atoms in total. The zero-order valence-corrected chi connectivity index (χ0v) is 56.4. The van der Waals surface area contributed by atoms with Crippen LogP contribution in [0.25, 0.3) is 0 Å². The molecule has 0 saturated carbocycles. The third kappa shape index (κ3) is 35.0. The summed E-state index contributed by atoms with van der Waals surface area (Å²) in [6, 6.07) is -0.886. The number of aliphatic hydroxyl groups is 11. The van der Waals surface area contributed by atoms with E-state index in [1.165, 1.54) is 218 Å². The van der Waals surface area contributed by atoms with Crippen molar-refractivity contribution in [2.45, 2.75) is 407 Å². The van der Waals surface area contributed by atoms with Crippen LogP contribution in [-0.2, 0) is 33.2 Å². The van der Waals surface area contributed by atoms with E-state index in [0.29, 0.717) is 12.8 Å². The zero-order chi connectivity index (χ0) is 65.4. The van der Waals surface area contributed by atoms with E-state index in [1.54, 1.807) is 0 Å². The minimum Gasteiger partial charge on any atom is -0.394 e. The highest BCUT2D eigenvalue weighted by atomic mass is 16.8. The lowest BCUT2D eigenvalue weighted by atomic mass is 9.96. The van der Waals surface area contributed by atoms with Gasteiger partial charge in [-0.1, -0.05) is 270 Å². The molecule has 0 aromatic carbocycles. The van der Waals surface area contributed by atoms with Gasteiger partial charge in [0.2, 0.25) is 5.91 Å². The number of carbonyl (C=O) groups excluding carboxylic acids is 1. The zero-order valence-electron chi connectivity index (χ0n) is 56.4. The van der Waals surface area contributed by atoms with E-state index in [1.807, 2.05) is 0 Å². The maximum absolute atomic E-state index is 13.4. The van der Waals surface area contributed by atoms with Gasteiger partial charge < -0.3 is 89.9 Å². The normalized spacial score (nSPS) is 28.0. The Hall–Kier alpha value is -1.47. The molecule has 0 radical (unpaired) electrons. The van der Waals surface area contributed by atoms with Crippen molar-refractivity contribution in [2.75, 3.05) is 26.4 Å². The van der Waals surface area contributed by atoms with Gasteiger partial charge in [-0.05, 0) is 38.5 Å². The smallest absolute Gasteiger partial charge is 0.220 e. The fourth-order valence-electron chi connectivity index (χ4n) is 12.8. The number of hydrogen-bond donors (Lipinski definition) is 12. The highest BCUT2D eigenvalue weighted by molar-refractivity contribution is 5.76. The number of ether oxygens (including phenoxy) is 6. The maximum atomic E-state index is 13.4. The van der Waals surface area contributed by atoms with E-state index >= 15 is 0 Å². The third-order valence-corrected chi connectivity index (χ3v) is 18.8.